The van der Waals surface area contributed by atoms with Crippen LogP contribution in [-0.2, 0) is 104 Å². The lowest BCUT2D eigenvalue weighted by atomic mass is 9.86. The zero-order valence-corrected chi connectivity index (χ0v) is 80.9. The van der Waals surface area contributed by atoms with Crippen molar-refractivity contribution in [1.82, 2.24) is 118 Å². The average molecular weight is 2060 g/mol. The maximum Gasteiger partial charge on any atom is 0.416 e. The fourth-order valence-corrected chi connectivity index (χ4v) is 20.6. The monoisotopic (exact) mass is 2060 g/mol. The summed E-state index contributed by atoms with van der Waals surface area (Å²) in [6, 6.07) is 31.9. The number of amides is 8. The molecule has 147 heavy (non-hydrogen) atoms. The van der Waals surface area contributed by atoms with Crippen molar-refractivity contribution in [3.63, 3.8) is 0 Å². The number of likely N-dealkylation sites (tertiary alicyclic amines) is 5. The molecule has 0 radical (unpaired) electrons. The van der Waals surface area contributed by atoms with Crippen molar-refractivity contribution >= 4 is 52.9 Å². The van der Waals surface area contributed by atoms with Crippen molar-refractivity contribution in [3.05, 3.63) is 253 Å². The molecule has 0 unspecified atom stereocenters. The number of hydrogen-bond donors (Lipinski definition) is 1. The maximum absolute atomic E-state index is 13.4. The van der Waals surface area contributed by atoms with Gasteiger partial charge in [0.05, 0.1) is 47.3 Å². The molecule has 11 aromatic rings. The molecule has 9 aliphatic heterocycles. The average Bonchev–Trinajstić information content (AvgIpc) is 1.74. The molecule has 9 aliphatic rings. The molecular weight excluding hydrogens is 1950 g/mol. The lowest BCUT2D eigenvalue weighted by molar-refractivity contribution is -0.139. The van der Waals surface area contributed by atoms with Crippen LogP contribution < -0.4 is 5.32 Å². The van der Waals surface area contributed by atoms with Gasteiger partial charge < -0.3 is 58.2 Å². The fourth-order valence-electron chi connectivity index (χ4n) is 20.6. The van der Waals surface area contributed by atoms with Crippen molar-refractivity contribution in [2.24, 2.45) is 0 Å². The maximum atomic E-state index is 13.4. The molecule has 32 nitrogen and oxygen atoms in total. The molecule has 0 bridgehead atoms. The summed E-state index contributed by atoms with van der Waals surface area (Å²) in [6.45, 7) is 11.4. The second-order valence-corrected chi connectivity index (χ2v) is 37.9. The number of nitrogens with zero attached hydrogens (tertiary/aromatic N) is 23. The lowest BCUT2D eigenvalue weighted by Gasteiger charge is -2.33. The molecular formula is C100H109F15N24O8. The number of fused-ring (bicyclic) bond motifs is 5. The van der Waals surface area contributed by atoms with E-state index in [9.17, 15) is 104 Å². The molecule has 0 spiro atoms. The predicted octanol–water partition coefficient (Wildman–Crippen LogP) is 14.8. The van der Waals surface area contributed by atoms with Crippen molar-refractivity contribution in [1.29, 1.82) is 0 Å². The normalized spacial score (nSPS) is 17.4. The minimum Gasteiger partial charge on any atom is -0.349 e. The molecule has 0 aliphatic carbocycles. The van der Waals surface area contributed by atoms with Gasteiger partial charge in [0.25, 0.3) is 29.5 Å². The first-order chi connectivity index (χ1) is 70.0. The van der Waals surface area contributed by atoms with Gasteiger partial charge in [-0.25, -0.2) is 0 Å². The molecule has 47 heteroatoms. The Hall–Kier alpha value is -14.1. The number of halogens is 15. The zero-order valence-electron chi connectivity index (χ0n) is 80.9. The number of alkyl halides is 15. The topological polar surface area (TPSA) is 328 Å². The van der Waals surface area contributed by atoms with Gasteiger partial charge in [0, 0.05) is 152 Å². The van der Waals surface area contributed by atoms with Crippen LogP contribution in [-0.4, -0.2) is 259 Å². The van der Waals surface area contributed by atoms with Gasteiger partial charge in [-0.3, -0.25) is 47.3 Å². The number of carbonyl (C=O) groups is 8. The Kier molecular flexibility index (Phi) is 32.2. The fraction of sp³-hybridized carbons (Fsp3) is 0.480. The highest BCUT2D eigenvalue weighted by atomic mass is 19.4. The molecule has 8 amide bonds. The quantitative estimate of drug-likeness (QED) is 0.111. The van der Waals surface area contributed by atoms with E-state index in [2.05, 4.69) is 56.3 Å². The third kappa shape index (κ3) is 24.3. The number of piperidine rings is 5. The summed E-state index contributed by atoms with van der Waals surface area (Å²) in [4.78, 5) is 113. The highest BCUT2D eigenvalue weighted by molar-refractivity contribution is 5.94. The van der Waals surface area contributed by atoms with Gasteiger partial charge in [-0.2, -0.15) is 65.9 Å². The van der Waals surface area contributed by atoms with E-state index in [0.717, 1.165) is 79.9 Å². The smallest absolute Gasteiger partial charge is 0.349 e. The largest absolute Gasteiger partial charge is 0.416 e. The van der Waals surface area contributed by atoms with E-state index in [1.54, 1.807) is 123 Å². The van der Waals surface area contributed by atoms with Gasteiger partial charge in [-0.15, -0.1) is 51.0 Å². The predicted molar refractivity (Wildman–Crippen MR) is 499 cm³/mol. The number of carbonyl (C=O) groups excluding carboxylic acids is 8. The highest BCUT2D eigenvalue weighted by Crippen LogP contribution is 2.46. The number of rotatable bonds is 12. The molecule has 5 aromatic carbocycles. The third-order valence-electron chi connectivity index (χ3n) is 28.6. The minimum atomic E-state index is -4.41. The first-order valence-corrected chi connectivity index (χ1v) is 48.8. The molecule has 15 heterocycles. The van der Waals surface area contributed by atoms with Gasteiger partial charge in [0.15, 0.2) is 11.5 Å². The van der Waals surface area contributed by atoms with Crippen LogP contribution in [0, 0.1) is 0 Å². The molecule has 5 fully saturated rings. The number of aryl methyl sites for hydroxylation is 1. The van der Waals surface area contributed by atoms with E-state index in [-0.39, 0.29) is 119 Å². The summed E-state index contributed by atoms with van der Waals surface area (Å²) >= 11 is 0. The van der Waals surface area contributed by atoms with E-state index < -0.39 is 58.7 Å². The van der Waals surface area contributed by atoms with Gasteiger partial charge >= 0.3 is 30.9 Å². The van der Waals surface area contributed by atoms with Crippen LogP contribution in [0.1, 0.15) is 258 Å². The number of nitrogens with one attached hydrogen (secondary N) is 1. The van der Waals surface area contributed by atoms with Crippen LogP contribution in [0.15, 0.2) is 140 Å². The molecule has 20 rings (SSSR count). The Morgan fingerprint density at radius 3 is 1.00 bits per heavy atom. The van der Waals surface area contributed by atoms with E-state index in [1.807, 2.05) is 9.13 Å². The van der Waals surface area contributed by atoms with Crippen molar-refractivity contribution in [3.8, 4) is 0 Å². The molecule has 782 valence electrons. The first-order valence-electron chi connectivity index (χ1n) is 48.8. The molecule has 0 saturated carbocycles. The Bertz CT molecular complexity index is 6440. The zero-order chi connectivity index (χ0) is 105. The van der Waals surface area contributed by atoms with E-state index in [0.29, 0.717) is 221 Å². The van der Waals surface area contributed by atoms with Crippen molar-refractivity contribution < 1.29 is 104 Å². The SMILES string of the molecule is CC(=O)N1CCc2nnc(C(=O)N3CCC(c4ccccc4C(F)(F)F)CC3)n2C1.CC(=O)N1CCn2c(nnc2C(=O)N2CCC(c3ccccc3C(F)(F)F)CC2)C1.CN(C)C(=O)Cc1ccc2nnc(C(=O)N3CCC(c4ccccc4C(F)(F)F)CC3)n2c1.O=C(c1nnc2n1CCCC2)N1CCC(c2ccccc2C(F)(F)F)CC1.O=C(c1nnc2n1CCNC2)N1CCC(c2ccccc2C(F)(F)F)CC1. The third-order valence-corrected chi connectivity index (χ3v) is 28.6. The number of aromatic nitrogens is 15. The summed E-state index contributed by atoms with van der Waals surface area (Å²) in [5.74, 6) is 1.34. The summed E-state index contributed by atoms with van der Waals surface area (Å²) in [5, 5.41) is 43.7. The van der Waals surface area contributed by atoms with Gasteiger partial charge in [0.1, 0.15) is 24.1 Å². The van der Waals surface area contributed by atoms with Gasteiger partial charge in [0.2, 0.25) is 46.8 Å². The van der Waals surface area contributed by atoms with Crippen LogP contribution in [0.3, 0.4) is 0 Å². The molecule has 0 atom stereocenters. The van der Waals surface area contributed by atoms with Crippen LogP contribution in [0.25, 0.3) is 5.65 Å². The number of pyridine rings is 1. The van der Waals surface area contributed by atoms with Crippen LogP contribution >= 0.6 is 0 Å². The number of likely N-dealkylation sites (N-methyl/N-ethyl adjacent to an activating group) is 1. The first kappa shape index (κ1) is 106. The Labute approximate surface area is 834 Å². The summed E-state index contributed by atoms with van der Waals surface area (Å²) in [7, 11) is 3.34. The van der Waals surface area contributed by atoms with E-state index >= 15 is 0 Å². The Morgan fingerprint density at radius 1 is 0.320 bits per heavy atom. The minimum absolute atomic E-state index is 0.0571. The van der Waals surface area contributed by atoms with Crippen LogP contribution in [0.2, 0.25) is 0 Å². The number of hydrogen-bond acceptors (Lipinski definition) is 19. The van der Waals surface area contributed by atoms with Crippen molar-refractivity contribution in [2.45, 2.75) is 210 Å². The van der Waals surface area contributed by atoms with E-state index in [4.69, 9.17) is 0 Å². The summed E-state index contributed by atoms with van der Waals surface area (Å²) in [5.41, 5.74) is -0.253. The summed E-state index contributed by atoms with van der Waals surface area (Å²) in [6.07, 6.45) is -12.0. The lowest BCUT2D eigenvalue weighted by Crippen LogP contribution is -2.42. The van der Waals surface area contributed by atoms with E-state index in [1.165, 1.54) is 67.3 Å². The van der Waals surface area contributed by atoms with Gasteiger partial charge in [-0.05, 0) is 176 Å². The van der Waals surface area contributed by atoms with Gasteiger partial charge in [-0.1, -0.05) is 97.1 Å². The van der Waals surface area contributed by atoms with Crippen LogP contribution in [0.4, 0.5) is 65.9 Å². The molecule has 1 N–H and O–H groups in total. The van der Waals surface area contributed by atoms with Crippen LogP contribution in [0.5, 0.6) is 0 Å². The second kappa shape index (κ2) is 44.7. The standard InChI is InChI=1S/C23H24F3N5O2.2C20H22F3N5O2.C19H21F3N4O.C18H20F3N5O/c1-29(2)20(32)13-15-7-8-19-27-28-21(31(19)14-15)22(33)30-11-9-16(10-12-30)17-5-3-4-6-18(17)23(24,25)26;1-13(29)27-11-8-17-24-25-18(28(17)12-27)19(30)26-9-6-14(7-10-26)15-4-2-3-5-16(15)20(21,22)23;1-13(29)27-10-11-28-17(12-27)24-25-18(28)19(30)26-8-6-14(7-9-26)15-4-2-3-5-16(15)20(21,22)23;20-19(21,22)15-6-2-1-5-14(15)13-8-11-25(12-9-13)18(27)17-24-23-16-7-3-4-10-26(16)17;19-18(20,21)14-4-2-1-3-13(14)12-5-8-25(9-6-12)17(27)16-24-23-15-11-22-7-10-26(15)16/h3-8,14,16H,9-13H2,1-2H3;2*2-5,14H,6-12H2,1H3;1-2,5-6,13H,3-4,7-12H2;1-4,12,22H,5-11H2. The highest BCUT2D eigenvalue weighted by Gasteiger charge is 2.45. The second-order valence-electron chi connectivity index (χ2n) is 37.9. The Balaban J connectivity index is 0.000000131. The van der Waals surface area contributed by atoms with Crippen molar-refractivity contribution in [2.75, 3.05) is 99.2 Å². The Morgan fingerprint density at radius 2 is 0.639 bits per heavy atom. The number of benzene rings is 5. The summed E-state index contributed by atoms with van der Waals surface area (Å²) < 4.78 is 208. The molecule has 5 saturated heterocycles. The molecule has 6 aromatic heterocycles.